The molecule has 0 saturated carbocycles. The van der Waals surface area contributed by atoms with Gasteiger partial charge in [-0.2, -0.15) is 0 Å². The van der Waals surface area contributed by atoms with Gasteiger partial charge in [0.25, 0.3) is 5.91 Å². The highest BCUT2D eigenvalue weighted by molar-refractivity contribution is 5.88. The molecule has 144 valence electrons. The van der Waals surface area contributed by atoms with Gasteiger partial charge in [-0.15, -0.1) is 6.58 Å². The zero-order valence-electron chi connectivity index (χ0n) is 15.2. The number of aromatic hydroxyl groups is 1. The Morgan fingerprint density at radius 1 is 1.25 bits per heavy atom. The highest BCUT2D eigenvalue weighted by Crippen LogP contribution is 2.30. The first-order valence-corrected chi connectivity index (χ1v) is 8.47. The number of hydrogen-bond donors (Lipinski definition) is 2. The Hall–Kier alpha value is -3.74. The number of methoxy groups -OCH3 is 1. The van der Waals surface area contributed by atoms with Crippen LogP contribution in [0, 0.1) is 0 Å². The number of benzene rings is 2. The van der Waals surface area contributed by atoms with Crippen LogP contribution in [-0.2, 0) is 4.79 Å². The summed E-state index contributed by atoms with van der Waals surface area (Å²) in [6.45, 7) is 3.59. The lowest BCUT2D eigenvalue weighted by Crippen LogP contribution is -2.28. The molecule has 0 atom stereocenters. The number of hydrogen-bond acceptors (Lipinski definition) is 6. The molecule has 0 aliphatic carbocycles. The maximum Gasteiger partial charge on any atom is 0.258 e. The van der Waals surface area contributed by atoms with Gasteiger partial charge < -0.3 is 24.3 Å². The van der Waals surface area contributed by atoms with E-state index in [0.717, 1.165) is 0 Å². The van der Waals surface area contributed by atoms with Gasteiger partial charge in [-0.3, -0.25) is 9.59 Å². The minimum atomic E-state index is -0.376. The normalized spacial score (nSPS) is 10.5. The number of nitrogens with one attached hydrogen (secondary N) is 1. The topological polar surface area (TPSA) is 98.0 Å². The first-order valence-electron chi connectivity index (χ1n) is 8.47. The molecule has 2 N–H and O–H groups in total. The van der Waals surface area contributed by atoms with Crippen molar-refractivity contribution in [1.82, 2.24) is 5.32 Å². The molecule has 7 heteroatoms. The van der Waals surface area contributed by atoms with E-state index in [4.69, 9.17) is 13.9 Å². The van der Waals surface area contributed by atoms with Crippen LogP contribution >= 0.6 is 0 Å². The Bertz CT molecular complexity index is 1070. The third-order valence-electron chi connectivity index (χ3n) is 4.04. The molecule has 0 unspecified atom stereocenters. The summed E-state index contributed by atoms with van der Waals surface area (Å²) in [5.74, 6) is 0.244. The maximum atomic E-state index is 12.8. The molecule has 2 aromatic carbocycles. The molecule has 0 saturated heterocycles. The predicted octanol–water partition coefficient (Wildman–Crippen LogP) is 2.86. The van der Waals surface area contributed by atoms with E-state index in [1.807, 2.05) is 0 Å². The standard InChI is InChI=1S/C21H19NO6/c1-3-8-22-19(24)12-27-15-9-17(23)20-18(10-15)28-11-16(21(20)25)13-4-6-14(26-2)7-5-13/h3-7,9-11,23H,1,8,12H2,2H3,(H,22,24). The van der Waals surface area contributed by atoms with Gasteiger partial charge in [0.15, 0.2) is 6.61 Å². The second kappa shape index (κ2) is 8.30. The molecule has 0 bridgehead atoms. The van der Waals surface area contributed by atoms with Crippen LogP contribution in [0.1, 0.15) is 0 Å². The second-order valence-corrected chi connectivity index (χ2v) is 5.90. The Labute approximate surface area is 160 Å². The fraction of sp³-hybridized carbons (Fsp3) is 0.143. The lowest BCUT2D eigenvalue weighted by Gasteiger charge is -2.09. The molecule has 1 heterocycles. The second-order valence-electron chi connectivity index (χ2n) is 5.90. The van der Waals surface area contributed by atoms with Gasteiger partial charge in [-0.25, -0.2) is 0 Å². The molecule has 0 aliphatic rings. The van der Waals surface area contributed by atoms with Crippen molar-refractivity contribution < 1.29 is 23.8 Å². The zero-order chi connectivity index (χ0) is 20.1. The third-order valence-corrected chi connectivity index (χ3v) is 4.04. The van der Waals surface area contributed by atoms with E-state index in [1.54, 1.807) is 37.5 Å². The van der Waals surface area contributed by atoms with Gasteiger partial charge >= 0.3 is 0 Å². The van der Waals surface area contributed by atoms with Crippen LogP contribution in [0.3, 0.4) is 0 Å². The molecule has 1 amide bonds. The summed E-state index contributed by atoms with van der Waals surface area (Å²) < 4.78 is 16.0. The molecular weight excluding hydrogens is 362 g/mol. The molecule has 0 radical (unpaired) electrons. The van der Waals surface area contributed by atoms with Gasteiger partial charge in [0, 0.05) is 18.7 Å². The molecule has 0 aliphatic heterocycles. The first-order chi connectivity index (χ1) is 13.5. The van der Waals surface area contributed by atoms with E-state index in [-0.39, 0.29) is 40.4 Å². The van der Waals surface area contributed by atoms with Crippen molar-refractivity contribution in [3.05, 3.63) is 65.5 Å². The SMILES string of the molecule is C=CCNC(=O)COc1cc(O)c2c(=O)c(-c3ccc(OC)cc3)coc2c1. The van der Waals surface area contributed by atoms with E-state index < -0.39 is 0 Å². The average molecular weight is 381 g/mol. The molecule has 28 heavy (non-hydrogen) atoms. The molecule has 3 rings (SSSR count). The van der Waals surface area contributed by atoms with Crippen LogP contribution < -0.4 is 20.2 Å². The number of phenols is 1. The van der Waals surface area contributed by atoms with E-state index in [9.17, 15) is 14.7 Å². The number of phenolic OH excluding ortho intramolecular Hbond substituents is 1. The molecule has 0 spiro atoms. The van der Waals surface area contributed by atoms with E-state index in [2.05, 4.69) is 11.9 Å². The summed E-state index contributed by atoms with van der Waals surface area (Å²) in [5.41, 5.74) is 0.723. The highest BCUT2D eigenvalue weighted by Gasteiger charge is 2.15. The van der Waals surface area contributed by atoms with Crippen molar-refractivity contribution in [2.45, 2.75) is 0 Å². The minimum Gasteiger partial charge on any atom is -0.507 e. The summed E-state index contributed by atoms with van der Waals surface area (Å²) in [4.78, 5) is 24.4. The highest BCUT2D eigenvalue weighted by atomic mass is 16.5. The van der Waals surface area contributed by atoms with Crippen molar-refractivity contribution in [2.75, 3.05) is 20.3 Å². The summed E-state index contributed by atoms with van der Waals surface area (Å²) >= 11 is 0. The Morgan fingerprint density at radius 3 is 2.68 bits per heavy atom. The van der Waals surface area contributed by atoms with Crippen molar-refractivity contribution in [1.29, 1.82) is 0 Å². The summed E-state index contributed by atoms with van der Waals surface area (Å²) in [5, 5.41) is 12.9. The van der Waals surface area contributed by atoms with E-state index >= 15 is 0 Å². The Kier molecular flexibility index (Phi) is 5.64. The average Bonchev–Trinajstić information content (AvgIpc) is 2.71. The fourth-order valence-electron chi connectivity index (χ4n) is 2.65. The van der Waals surface area contributed by atoms with Crippen molar-refractivity contribution in [3.63, 3.8) is 0 Å². The number of ether oxygens (including phenoxy) is 2. The van der Waals surface area contributed by atoms with Gasteiger partial charge in [-0.1, -0.05) is 18.2 Å². The first kappa shape index (κ1) is 19.0. The van der Waals surface area contributed by atoms with Crippen LogP contribution in [0.15, 0.2) is 64.5 Å². The summed E-state index contributed by atoms with van der Waals surface area (Å²) in [6, 6.07) is 9.65. The molecule has 3 aromatic rings. The quantitative estimate of drug-likeness (QED) is 0.611. The largest absolute Gasteiger partial charge is 0.507 e. The molecule has 7 nitrogen and oxygen atoms in total. The van der Waals surface area contributed by atoms with Crippen molar-refractivity contribution in [3.8, 4) is 28.4 Å². The Morgan fingerprint density at radius 2 is 2.00 bits per heavy atom. The Balaban J connectivity index is 1.91. The minimum absolute atomic E-state index is 0.0387. The smallest absolute Gasteiger partial charge is 0.258 e. The van der Waals surface area contributed by atoms with Crippen LogP contribution in [0.4, 0.5) is 0 Å². The molecule has 0 fully saturated rings. The van der Waals surface area contributed by atoms with E-state index in [1.165, 1.54) is 18.4 Å². The van der Waals surface area contributed by atoms with Gasteiger partial charge in [-0.05, 0) is 17.7 Å². The maximum absolute atomic E-state index is 12.8. The predicted molar refractivity (Wildman–Crippen MR) is 105 cm³/mol. The van der Waals surface area contributed by atoms with Gasteiger partial charge in [0.1, 0.15) is 34.5 Å². The van der Waals surface area contributed by atoms with Gasteiger partial charge in [0.2, 0.25) is 5.43 Å². The number of carbonyl (C=O) groups is 1. The van der Waals surface area contributed by atoms with Gasteiger partial charge in [0.05, 0.1) is 12.7 Å². The summed E-state index contributed by atoms with van der Waals surface area (Å²) in [6.07, 6.45) is 2.88. The van der Waals surface area contributed by atoms with E-state index in [0.29, 0.717) is 23.4 Å². The fourth-order valence-corrected chi connectivity index (χ4v) is 2.65. The monoisotopic (exact) mass is 381 g/mol. The van der Waals surface area contributed by atoms with Crippen LogP contribution in [0.5, 0.6) is 17.2 Å². The van der Waals surface area contributed by atoms with Crippen LogP contribution in [-0.4, -0.2) is 31.3 Å². The number of rotatable bonds is 7. The summed E-state index contributed by atoms with van der Waals surface area (Å²) in [7, 11) is 1.56. The molecular formula is C21H19NO6. The number of carbonyl (C=O) groups excluding carboxylic acids is 1. The number of fused-ring (bicyclic) bond motifs is 1. The zero-order valence-corrected chi connectivity index (χ0v) is 15.2. The molecule has 1 aromatic heterocycles. The number of amides is 1. The van der Waals surface area contributed by atoms with Crippen molar-refractivity contribution in [2.24, 2.45) is 0 Å². The third kappa shape index (κ3) is 3.98. The van der Waals surface area contributed by atoms with Crippen molar-refractivity contribution >= 4 is 16.9 Å². The van der Waals surface area contributed by atoms with Crippen LogP contribution in [0.2, 0.25) is 0 Å². The lowest BCUT2D eigenvalue weighted by molar-refractivity contribution is -0.122. The lowest BCUT2D eigenvalue weighted by atomic mass is 10.0. The van der Waals surface area contributed by atoms with Crippen LogP contribution in [0.25, 0.3) is 22.1 Å².